The number of para-hydroxylation sites is 3. The lowest BCUT2D eigenvalue weighted by atomic mass is 10.2. The predicted octanol–water partition coefficient (Wildman–Crippen LogP) is 4.42. The molecule has 2 aromatic carbocycles. The molecule has 1 fully saturated rings. The summed E-state index contributed by atoms with van der Waals surface area (Å²) in [5.74, 6) is 0.812. The number of rotatable bonds is 8. The molecular formula is C23H34N2O3. The maximum Gasteiger partial charge on any atom is 0.160 e. The summed E-state index contributed by atoms with van der Waals surface area (Å²) in [4.78, 5) is 2.29. The van der Waals surface area contributed by atoms with Crippen molar-refractivity contribution in [2.45, 2.75) is 38.8 Å². The molecule has 1 heterocycles. The van der Waals surface area contributed by atoms with Crippen molar-refractivity contribution >= 4 is 5.69 Å². The Morgan fingerprint density at radius 2 is 1.79 bits per heavy atom. The molecule has 5 heteroatoms. The van der Waals surface area contributed by atoms with Crippen molar-refractivity contribution in [2.75, 3.05) is 38.3 Å². The summed E-state index contributed by atoms with van der Waals surface area (Å²) >= 11 is 0. The molecule has 5 nitrogen and oxygen atoms in total. The Morgan fingerprint density at radius 3 is 2.50 bits per heavy atom. The molecule has 0 spiro atoms. The number of nitrogens with zero attached hydrogens (tertiary/aromatic N) is 1. The van der Waals surface area contributed by atoms with Gasteiger partial charge in [-0.15, -0.1) is 0 Å². The number of anilines is 1. The second-order valence-corrected chi connectivity index (χ2v) is 6.80. The molecule has 0 saturated carbocycles. The lowest BCUT2D eigenvalue weighted by molar-refractivity contribution is 0.0881. The molecule has 0 aromatic heterocycles. The van der Waals surface area contributed by atoms with Crippen LogP contribution in [0.3, 0.4) is 0 Å². The fourth-order valence-electron chi connectivity index (χ4n) is 3.09. The van der Waals surface area contributed by atoms with Gasteiger partial charge >= 0.3 is 0 Å². The predicted molar refractivity (Wildman–Crippen MR) is 115 cm³/mol. The molecule has 0 radical (unpaired) electrons. The molecule has 0 aliphatic carbocycles. The zero-order valence-corrected chi connectivity index (χ0v) is 17.1. The smallest absolute Gasteiger partial charge is 0.160 e. The van der Waals surface area contributed by atoms with Crippen LogP contribution in [0, 0.1) is 0 Å². The molecule has 1 saturated heterocycles. The minimum absolute atomic E-state index is 0.158. The lowest BCUT2D eigenvalue weighted by Crippen LogP contribution is -2.52. The van der Waals surface area contributed by atoms with E-state index in [2.05, 4.69) is 41.4 Å². The second kappa shape index (κ2) is 13.0. The highest BCUT2D eigenvalue weighted by atomic mass is 16.5. The fraction of sp³-hybridized carbons (Fsp3) is 0.478. The van der Waals surface area contributed by atoms with Gasteiger partial charge in [0.05, 0.1) is 6.61 Å². The summed E-state index contributed by atoms with van der Waals surface area (Å²) in [6.45, 7) is 5.80. The summed E-state index contributed by atoms with van der Waals surface area (Å²) in [6, 6.07) is 17.5. The maximum atomic E-state index is 9.39. The van der Waals surface area contributed by atoms with Crippen LogP contribution in [0.1, 0.15) is 32.6 Å². The van der Waals surface area contributed by atoms with Crippen LogP contribution in [0.15, 0.2) is 54.6 Å². The number of phenols is 1. The maximum absolute atomic E-state index is 9.39. The second-order valence-electron chi connectivity index (χ2n) is 6.80. The van der Waals surface area contributed by atoms with Crippen molar-refractivity contribution in [3.63, 3.8) is 0 Å². The fourth-order valence-corrected chi connectivity index (χ4v) is 3.09. The molecule has 28 heavy (non-hydrogen) atoms. The molecule has 1 atom stereocenters. The van der Waals surface area contributed by atoms with E-state index in [1.807, 2.05) is 12.1 Å². The number of piperazine rings is 1. The molecule has 2 N–H and O–H groups in total. The molecule has 0 amide bonds. The van der Waals surface area contributed by atoms with E-state index in [9.17, 15) is 5.11 Å². The average Bonchev–Trinajstić information content (AvgIpc) is 2.76. The van der Waals surface area contributed by atoms with E-state index >= 15 is 0 Å². The van der Waals surface area contributed by atoms with Crippen molar-refractivity contribution in [1.29, 1.82) is 0 Å². The van der Waals surface area contributed by atoms with Crippen molar-refractivity contribution in [3.05, 3.63) is 54.6 Å². The molecule has 3 rings (SSSR count). The Morgan fingerprint density at radius 1 is 1.04 bits per heavy atom. The van der Waals surface area contributed by atoms with Crippen molar-refractivity contribution < 1.29 is 14.6 Å². The SMILES string of the molecule is CCCCCCOc1ccccc1O.COC1CNCCN1c1ccccc1. The Bertz CT molecular complexity index is 651. The van der Waals surface area contributed by atoms with E-state index < -0.39 is 0 Å². The first kappa shape index (κ1) is 22.1. The zero-order valence-electron chi connectivity index (χ0n) is 17.1. The van der Waals surface area contributed by atoms with Crippen LogP contribution in [-0.2, 0) is 4.74 Å². The highest BCUT2D eigenvalue weighted by Gasteiger charge is 2.21. The van der Waals surface area contributed by atoms with Gasteiger partial charge < -0.3 is 24.8 Å². The van der Waals surface area contributed by atoms with Crippen LogP contribution < -0.4 is 15.0 Å². The zero-order chi connectivity index (χ0) is 20.0. The number of methoxy groups -OCH3 is 1. The van der Waals surface area contributed by atoms with E-state index in [-0.39, 0.29) is 12.0 Å². The van der Waals surface area contributed by atoms with E-state index in [0.29, 0.717) is 12.4 Å². The van der Waals surface area contributed by atoms with Gasteiger partial charge in [0.2, 0.25) is 0 Å². The first-order chi connectivity index (χ1) is 13.8. The van der Waals surface area contributed by atoms with Gasteiger partial charge in [-0.05, 0) is 30.7 Å². The molecule has 0 bridgehead atoms. The van der Waals surface area contributed by atoms with Gasteiger partial charge in [-0.2, -0.15) is 0 Å². The Hall–Kier alpha value is -2.24. The monoisotopic (exact) mass is 386 g/mol. The van der Waals surface area contributed by atoms with Crippen LogP contribution in [0.4, 0.5) is 5.69 Å². The minimum atomic E-state index is 0.158. The highest BCUT2D eigenvalue weighted by Crippen LogP contribution is 2.24. The number of unbranched alkanes of at least 4 members (excludes halogenated alkanes) is 3. The van der Waals surface area contributed by atoms with Gasteiger partial charge in [-0.25, -0.2) is 0 Å². The number of aromatic hydroxyl groups is 1. The van der Waals surface area contributed by atoms with Crippen LogP contribution >= 0.6 is 0 Å². The minimum Gasteiger partial charge on any atom is -0.504 e. The van der Waals surface area contributed by atoms with E-state index in [4.69, 9.17) is 9.47 Å². The third kappa shape index (κ3) is 7.41. The third-order valence-electron chi connectivity index (χ3n) is 4.68. The number of phenolic OH excluding ortho intramolecular Hbond substituents is 1. The number of hydrogen-bond acceptors (Lipinski definition) is 5. The number of benzene rings is 2. The first-order valence-electron chi connectivity index (χ1n) is 10.2. The summed E-state index contributed by atoms with van der Waals surface area (Å²) in [5.41, 5.74) is 1.24. The molecular weight excluding hydrogens is 352 g/mol. The number of nitrogens with one attached hydrogen (secondary N) is 1. The van der Waals surface area contributed by atoms with Gasteiger partial charge in [0.25, 0.3) is 0 Å². The first-order valence-corrected chi connectivity index (χ1v) is 10.2. The van der Waals surface area contributed by atoms with Crippen LogP contribution in [0.25, 0.3) is 0 Å². The molecule has 2 aromatic rings. The Labute approximate surface area is 169 Å². The van der Waals surface area contributed by atoms with Gasteiger partial charge in [0.1, 0.15) is 6.23 Å². The normalized spacial score (nSPS) is 16.2. The molecule has 154 valence electrons. The molecule has 1 unspecified atom stereocenters. The van der Waals surface area contributed by atoms with Crippen molar-refractivity contribution in [3.8, 4) is 11.5 Å². The Kier molecular flexibility index (Phi) is 10.3. The van der Waals surface area contributed by atoms with E-state index in [0.717, 1.165) is 26.1 Å². The Balaban J connectivity index is 0.000000200. The molecule has 1 aliphatic heterocycles. The van der Waals surface area contributed by atoms with E-state index in [1.54, 1.807) is 25.3 Å². The number of hydrogen-bond donors (Lipinski definition) is 2. The van der Waals surface area contributed by atoms with Crippen LogP contribution in [0.2, 0.25) is 0 Å². The van der Waals surface area contributed by atoms with Crippen LogP contribution in [0.5, 0.6) is 11.5 Å². The molecule has 1 aliphatic rings. The van der Waals surface area contributed by atoms with Gasteiger partial charge in [0.15, 0.2) is 11.5 Å². The van der Waals surface area contributed by atoms with Crippen molar-refractivity contribution in [1.82, 2.24) is 5.32 Å². The lowest BCUT2D eigenvalue weighted by Gasteiger charge is -2.36. The topological polar surface area (TPSA) is 54.0 Å². The average molecular weight is 387 g/mol. The summed E-state index contributed by atoms with van der Waals surface area (Å²) in [7, 11) is 1.76. The van der Waals surface area contributed by atoms with Crippen molar-refractivity contribution in [2.24, 2.45) is 0 Å². The van der Waals surface area contributed by atoms with Gasteiger partial charge in [-0.3, -0.25) is 0 Å². The van der Waals surface area contributed by atoms with Gasteiger partial charge in [0, 0.05) is 32.4 Å². The van der Waals surface area contributed by atoms with E-state index in [1.165, 1.54) is 24.9 Å². The summed E-state index contributed by atoms with van der Waals surface area (Å²) in [5, 5.41) is 12.7. The van der Waals surface area contributed by atoms with Crippen LogP contribution in [-0.4, -0.2) is 44.7 Å². The number of ether oxygens (including phenoxy) is 2. The largest absolute Gasteiger partial charge is 0.504 e. The van der Waals surface area contributed by atoms with Gasteiger partial charge in [-0.1, -0.05) is 56.5 Å². The summed E-state index contributed by atoms with van der Waals surface area (Å²) in [6.07, 6.45) is 4.90. The summed E-state index contributed by atoms with van der Waals surface area (Å²) < 4.78 is 10.9. The highest BCUT2D eigenvalue weighted by molar-refractivity contribution is 5.47. The standard InChI is InChI=1S/C12H18O2.C11H16N2O/c1-2-3-4-7-10-14-12-9-6-5-8-11(12)13;1-14-11-9-12-7-8-13(11)10-5-3-2-4-6-10/h5-6,8-9,13H,2-4,7,10H2,1H3;2-6,11-12H,7-9H2,1H3. The third-order valence-corrected chi connectivity index (χ3v) is 4.68. The quantitative estimate of drug-likeness (QED) is 0.658.